The van der Waals surface area contributed by atoms with Gasteiger partial charge in [-0.1, -0.05) is 13.3 Å². The maximum atomic E-state index is 12.3. The lowest BCUT2D eigenvalue weighted by molar-refractivity contribution is -0.131. The van der Waals surface area contributed by atoms with Crippen molar-refractivity contribution < 1.29 is 4.79 Å². The van der Waals surface area contributed by atoms with Crippen LogP contribution in [0.5, 0.6) is 0 Å². The summed E-state index contributed by atoms with van der Waals surface area (Å²) in [5, 5.41) is 3.52. The molecule has 112 valence electrons. The van der Waals surface area contributed by atoms with E-state index in [0.717, 1.165) is 39.0 Å². The molecule has 1 N–H and O–H groups in total. The fraction of sp³-hybridized carbons (Fsp3) is 0.933. The number of rotatable bonds is 8. The van der Waals surface area contributed by atoms with E-state index in [1.807, 2.05) is 4.90 Å². The van der Waals surface area contributed by atoms with Gasteiger partial charge in [0, 0.05) is 32.1 Å². The standard InChI is InChI=1S/C15H31N3O/c1-4-11-18(13-12-17(2)3)15(19)9-8-14-7-5-6-10-16-14/h14,16H,4-13H2,1-3H3. The second kappa shape index (κ2) is 9.32. The Bertz CT molecular complexity index is 250. The molecule has 1 aliphatic rings. The Labute approximate surface area is 118 Å². The lowest BCUT2D eigenvalue weighted by Crippen LogP contribution is -2.39. The summed E-state index contributed by atoms with van der Waals surface area (Å²) < 4.78 is 0. The van der Waals surface area contributed by atoms with Gasteiger partial charge in [0.15, 0.2) is 0 Å². The number of amides is 1. The zero-order valence-corrected chi connectivity index (χ0v) is 13.0. The monoisotopic (exact) mass is 269 g/mol. The third-order valence-electron chi connectivity index (χ3n) is 3.78. The van der Waals surface area contributed by atoms with Gasteiger partial charge in [-0.05, 0) is 46.3 Å². The van der Waals surface area contributed by atoms with E-state index in [-0.39, 0.29) is 0 Å². The van der Waals surface area contributed by atoms with Crippen LogP contribution in [0.4, 0.5) is 0 Å². The molecule has 19 heavy (non-hydrogen) atoms. The van der Waals surface area contributed by atoms with Crippen LogP contribution in [-0.4, -0.2) is 62.0 Å². The van der Waals surface area contributed by atoms with E-state index in [1.165, 1.54) is 19.3 Å². The quantitative estimate of drug-likeness (QED) is 0.728. The van der Waals surface area contributed by atoms with E-state index in [1.54, 1.807) is 0 Å². The van der Waals surface area contributed by atoms with Crippen molar-refractivity contribution >= 4 is 5.91 Å². The van der Waals surface area contributed by atoms with Crippen LogP contribution in [0.1, 0.15) is 45.4 Å². The maximum absolute atomic E-state index is 12.3. The molecule has 0 spiro atoms. The third kappa shape index (κ3) is 6.92. The number of likely N-dealkylation sites (N-methyl/N-ethyl adjacent to an activating group) is 1. The fourth-order valence-electron chi connectivity index (χ4n) is 2.58. The molecule has 0 aromatic carbocycles. The molecule has 0 aromatic rings. The Morgan fingerprint density at radius 1 is 1.21 bits per heavy atom. The van der Waals surface area contributed by atoms with Crippen LogP contribution >= 0.6 is 0 Å². The van der Waals surface area contributed by atoms with Crippen LogP contribution in [-0.2, 0) is 4.79 Å². The number of nitrogens with zero attached hydrogens (tertiary/aromatic N) is 2. The van der Waals surface area contributed by atoms with Gasteiger partial charge in [-0.25, -0.2) is 0 Å². The van der Waals surface area contributed by atoms with Gasteiger partial charge < -0.3 is 15.1 Å². The highest BCUT2D eigenvalue weighted by Crippen LogP contribution is 2.12. The van der Waals surface area contributed by atoms with Crippen molar-refractivity contribution in [1.29, 1.82) is 0 Å². The first-order chi connectivity index (χ1) is 9.13. The molecule has 0 aliphatic carbocycles. The number of carbonyl (C=O) groups excluding carboxylic acids is 1. The van der Waals surface area contributed by atoms with Crippen LogP contribution < -0.4 is 5.32 Å². The van der Waals surface area contributed by atoms with Crippen LogP contribution in [0.3, 0.4) is 0 Å². The molecule has 1 fully saturated rings. The summed E-state index contributed by atoms with van der Waals surface area (Å²) in [6, 6.07) is 0.565. The second-order valence-corrected chi connectivity index (χ2v) is 5.87. The molecule has 0 aromatic heterocycles. The van der Waals surface area contributed by atoms with Crippen molar-refractivity contribution in [1.82, 2.24) is 15.1 Å². The van der Waals surface area contributed by atoms with E-state index in [0.29, 0.717) is 18.4 Å². The Hall–Kier alpha value is -0.610. The number of hydrogen-bond donors (Lipinski definition) is 1. The summed E-state index contributed by atoms with van der Waals surface area (Å²) in [5.74, 6) is 0.330. The topological polar surface area (TPSA) is 35.6 Å². The number of carbonyl (C=O) groups is 1. The minimum absolute atomic E-state index is 0.330. The first-order valence-electron chi connectivity index (χ1n) is 7.79. The van der Waals surface area contributed by atoms with Crippen LogP contribution in [0.25, 0.3) is 0 Å². The van der Waals surface area contributed by atoms with E-state index < -0.39 is 0 Å². The van der Waals surface area contributed by atoms with Crippen LogP contribution in [0.15, 0.2) is 0 Å². The van der Waals surface area contributed by atoms with Gasteiger partial charge in [0.25, 0.3) is 0 Å². The average Bonchev–Trinajstić information content (AvgIpc) is 2.41. The van der Waals surface area contributed by atoms with E-state index in [4.69, 9.17) is 0 Å². The Morgan fingerprint density at radius 3 is 2.58 bits per heavy atom. The summed E-state index contributed by atoms with van der Waals surface area (Å²) in [7, 11) is 4.11. The molecular weight excluding hydrogens is 238 g/mol. The summed E-state index contributed by atoms with van der Waals surface area (Å²) in [4.78, 5) is 16.4. The molecule has 1 unspecified atom stereocenters. The highest BCUT2D eigenvalue weighted by Gasteiger charge is 2.17. The normalized spacial score (nSPS) is 19.7. The zero-order chi connectivity index (χ0) is 14.1. The molecule has 0 bridgehead atoms. The molecule has 1 saturated heterocycles. The molecule has 0 radical (unpaired) electrons. The van der Waals surface area contributed by atoms with Gasteiger partial charge >= 0.3 is 0 Å². The summed E-state index contributed by atoms with van der Waals surface area (Å²) in [6.45, 7) is 5.97. The van der Waals surface area contributed by atoms with Crippen molar-refractivity contribution in [2.24, 2.45) is 0 Å². The van der Waals surface area contributed by atoms with Crippen molar-refractivity contribution in [2.75, 3.05) is 40.3 Å². The molecule has 4 heteroatoms. The zero-order valence-electron chi connectivity index (χ0n) is 13.0. The van der Waals surface area contributed by atoms with E-state index >= 15 is 0 Å². The lowest BCUT2D eigenvalue weighted by atomic mass is 10.0. The molecule has 1 aliphatic heterocycles. The molecule has 1 atom stereocenters. The lowest BCUT2D eigenvalue weighted by Gasteiger charge is -2.26. The smallest absolute Gasteiger partial charge is 0.222 e. The Balaban J connectivity index is 2.29. The van der Waals surface area contributed by atoms with Crippen molar-refractivity contribution in [3.63, 3.8) is 0 Å². The molecule has 4 nitrogen and oxygen atoms in total. The minimum atomic E-state index is 0.330. The first kappa shape index (κ1) is 16.4. The first-order valence-corrected chi connectivity index (χ1v) is 7.79. The molecule has 1 rings (SSSR count). The Kier molecular flexibility index (Phi) is 8.07. The number of hydrogen-bond acceptors (Lipinski definition) is 3. The van der Waals surface area contributed by atoms with E-state index in [9.17, 15) is 4.79 Å². The SMILES string of the molecule is CCCN(CCN(C)C)C(=O)CCC1CCCCN1. The largest absolute Gasteiger partial charge is 0.341 e. The summed E-state index contributed by atoms with van der Waals surface area (Å²) in [6.07, 6.45) is 6.58. The summed E-state index contributed by atoms with van der Waals surface area (Å²) in [5.41, 5.74) is 0. The van der Waals surface area contributed by atoms with Crippen LogP contribution in [0.2, 0.25) is 0 Å². The predicted molar refractivity (Wildman–Crippen MR) is 80.3 cm³/mol. The van der Waals surface area contributed by atoms with Crippen molar-refractivity contribution in [3.8, 4) is 0 Å². The van der Waals surface area contributed by atoms with Crippen LogP contribution in [0, 0.1) is 0 Å². The summed E-state index contributed by atoms with van der Waals surface area (Å²) >= 11 is 0. The number of nitrogens with one attached hydrogen (secondary N) is 1. The molecule has 1 amide bonds. The highest BCUT2D eigenvalue weighted by atomic mass is 16.2. The van der Waals surface area contributed by atoms with Gasteiger partial charge in [-0.3, -0.25) is 4.79 Å². The molecular formula is C15H31N3O. The average molecular weight is 269 g/mol. The van der Waals surface area contributed by atoms with Gasteiger partial charge in [0.2, 0.25) is 5.91 Å². The predicted octanol–water partition coefficient (Wildman–Crippen LogP) is 1.71. The van der Waals surface area contributed by atoms with Gasteiger partial charge in [-0.15, -0.1) is 0 Å². The molecule has 1 heterocycles. The highest BCUT2D eigenvalue weighted by molar-refractivity contribution is 5.76. The van der Waals surface area contributed by atoms with E-state index in [2.05, 4.69) is 31.2 Å². The van der Waals surface area contributed by atoms with Crippen molar-refractivity contribution in [3.05, 3.63) is 0 Å². The van der Waals surface area contributed by atoms with Gasteiger partial charge in [0.05, 0.1) is 0 Å². The second-order valence-electron chi connectivity index (χ2n) is 5.87. The number of piperidine rings is 1. The van der Waals surface area contributed by atoms with Gasteiger partial charge in [0.1, 0.15) is 0 Å². The Morgan fingerprint density at radius 2 is 2.00 bits per heavy atom. The maximum Gasteiger partial charge on any atom is 0.222 e. The van der Waals surface area contributed by atoms with Crippen molar-refractivity contribution in [2.45, 2.75) is 51.5 Å². The van der Waals surface area contributed by atoms with Gasteiger partial charge in [-0.2, -0.15) is 0 Å². The molecule has 0 saturated carbocycles. The minimum Gasteiger partial charge on any atom is -0.341 e. The third-order valence-corrected chi connectivity index (χ3v) is 3.78. The fourth-order valence-corrected chi connectivity index (χ4v) is 2.58.